The predicted molar refractivity (Wildman–Crippen MR) is 45.4 cm³/mol. The van der Waals surface area contributed by atoms with Crippen molar-refractivity contribution < 1.29 is 13.6 Å². The van der Waals surface area contributed by atoms with Gasteiger partial charge in [0.15, 0.2) is 0 Å². The molecule has 3 nitrogen and oxygen atoms in total. The minimum absolute atomic E-state index is 0.407. The van der Waals surface area contributed by atoms with Crippen LogP contribution in [-0.2, 0) is 13.6 Å². The SMILES string of the molecule is C=CC(=O)O[Si](C)(C)OCC. The summed E-state index contributed by atoms with van der Waals surface area (Å²) in [5, 5.41) is 0. The molecule has 0 unspecified atom stereocenters. The molecule has 4 heteroatoms. The minimum atomic E-state index is -2.21. The van der Waals surface area contributed by atoms with E-state index in [1.165, 1.54) is 0 Å². The van der Waals surface area contributed by atoms with Gasteiger partial charge in [-0.2, -0.15) is 0 Å². The lowest BCUT2D eigenvalue weighted by atomic mass is 10.7. The van der Waals surface area contributed by atoms with Crippen LogP contribution in [0.2, 0.25) is 13.1 Å². The second kappa shape index (κ2) is 4.30. The molecule has 0 amide bonds. The normalized spacial score (nSPS) is 10.8. The molecule has 0 atom stereocenters. The lowest BCUT2D eigenvalue weighted by molar-refractivity contribution is -0.131. The largest absolute Gasteiger partial charge is 0.491 e. The van der Waals surface area contributed by atoms with Crippen LogP contribution in [0.1, 0.15) is 6.92 Å². The molecule has 0 aromatic rings. The van der Waals surface area contributed by atoms with Gasteiger partial charge in [-0.25, -0.2) is 4.79 Å². The van der Waals surface area contributed by atoms with Crippen LogP contribution in [0.3, 0.4) is 0 Å². The fourth-order valence-corrected chi connectivity index (χ4v) is 1.98. The molecule has 0 rings (SSSR count). The fourth-order valence-electron chi connectivity index (χ4n) is 0.661. The number of carbonyl (C=O) groups excluding carboxylic acids is 1. The highest BCUT2D eigenvalue weighted by Crippen LogP contribution is 2.06. The third-order valence-corrected chi connectivity index (χ3v) is 2.68. The summed E-state index contributed by atoms with van der Waals surface area (Å²) in [6, 6.07) is 0. The maximum Gasteiger partial charge on any atom is 0.395 e. The molecule has 0 aliphatic carbocycles. The van der Waals surface area contributed by atoms with Crippen LogP contribution in [0.15, 0.2) is 12.7 Å². The number of carbonyl (C=O) groups is 1. The first kappa shape index (κ1) is 10.4. The Hall–Kier alpha value is -0.613. The van der Waals surface area contributed by atoms with Crippen molar-refractivity contribution in [1.29, 1.82) is 0 Å². The molecule has 0 N–H and O–H groups in total. The molecule has 0 saturated heterocycles. The summed E-state index contributed by atoms with van der Waals surface area (Å²) >= 11 is 0. The summed E-state index contributed by atoms with van der Waals surface area (Å²) in [6.45, 7) is 9.38. The average Bonchev–Trinajstić information content (AvgIpc) is 1.86. The van der Waals surface area contributed by atoms with Crippen molar-refractivity contribution >= 4 is 14.5 Å². The van der Waals surface area contributed by atoms with Gasteiger partial charge in [-0.1, -0.05) is 6.58 Å². The Morgan fingerprint density at radius 1 is 1.64 bits per heavy atom. The van der Waals surface area contributed by atoms with Crippen LogP contribution < -0.4 is 0 Å². The van der Waals surface area contributed by atoms with Crippen molar-refractivity contribution in [3.05, 3.63) is 12.7 Å². The number of hydrogen-bond donors (Lipinski definition) is 0. The minimum Gasteiger partial charge on any atom is -0.491 e. The van der Waals surface area contributed by atoms with Crippen molar-refractivity contribution in [2.75, 3.05) is 6.61 Å². The maximum absolute atomic E-state index is 10.7. The molecule has 0 aromatic carbocycles. The van der Waals surface area contributed by atoms with Gasteiger partial charge in [0.25, 0.3) is 0 Å². The van der Waals surface area contributed by atoms with Crippen LogP contribution in [0.4, 0.5) is 0 Å². The lowest BCUT2D eigenvalue weighted by Crippen LogP contribution is -2.36. The van der Waals surface area contributed by atoms with Gasteiger partial charge in [0.2, 0.25) is 0 Å². The van der Waals surface area contributed by atoms with E-state index in [4.69, 9.17) is 8.85 Å². The van der Waals surface area contributed by atoms with Gasteiger partial charge >= 0.3 is 14.5 Å². The summed E-state index contributed by atoms with van der Waals surface area (Å²) in [6.07, 6.45) is 1.15. The number of hydrogen-bond acceptors (Lipinski definition) is 3. The van der Waals surface area contributed by atoms with Crippen molar-refractivity contribution in [1.82, 2.24) is 0 Å². The molecule has 64 valence electrons. The van der Waals surface area contributed by atoms with Crippen LogP contribution in [-0.4, -0.2) is 21.1 Å². The van der Waals surface area contributed by atoms with Gasteiger partial charge in [-0.3, -0.25) is 0 Å². The molecule has 0 bridgehead atoms. The Labute approximate surface area is 68.3 Å². The van der Waals surface area contributed by atoms with E-state index in [1.807, 2.05) is 20.0 Å². The van der Waals surface area contributed by atoms with E-state index in [9.17, 15) is 4.79 Å². The highest BCUT2D eigenvalue weighted by atomic mass is 28.4. The summed E-state index contributed by atoms with van der Waals surface area (Å²) in [7, 11) is -2.21. The number of rotatable bonds is 4. The van der Waals surface area contributed by atoms with Crippen molar-refractivity contribution in [2.45, 2.75) is 20.0 Å². The Kier molecular flexibility index (Phi) is 4.06. The van der Waals surface area contributed by atoms with E-state index < -0.39 is 14.5 Å². The molecule has 0 fully saturated rings. The standard InChI is InChI=1S/C7H14O3Si/c1-5-7(8)10-11(3,4)9-6-2/h5H,1,6H2,2-4H3. The van der Waals surface area contributed by atoms with Gasteiger partial charge in [-0.05, 0) is 20.0 Å². The van der Waals surface area contributed by atoms with Crippen LogP contribution in [0.25, 0.3) is 0 Å². The molecular formula is C7H14O3Si. The monoisotopic (exact) mass is 174 g/mol. The molecule has 0 spiro atoms. The second-order valence-corrected chi connectivity index (χ2v) is 5.75. The Morgan fingerprint density at radius 3 is 2.55 bits per heavy atom. The molecule has 0 saturated carbocycles. The Morgan fingerprint density at radius 2 is 2.18 bits per heavy atom. The highest BCUT2D eigenvalue weighted by molar-refractivity contribution is 6.66. The van der Waals surface area contributed by atoms with Crippen LogP contribution in [0, 0.1) is 0 Å². The van der Waals surface area contributed by atoms with E-state index in [0.29, 0.717) is 6.61 Å². The summed E-state index contributed by atoms with van der Waals surface area (Å²) in [5.74, 6) is -0.407. The smallest absolute Gasteiger partial charge is 0.395 e. The van der Waals surface area contributed by atoms with E-state index in [2.05, 4.69) is 6.58 Å². The van der Waals surface area contributed by atoms with Crippen molar-refractivity contribution in [2.24, 2.45) is 0 Å². The quantitative estimate of drug-likeness (QED) is 0.478. The molecule has 11 heavy (non-hydrogen) atoms. The summed E-state index contributed by atoms with van der Waals surface area (Å²) in [4.78, 5) is 10.7. The Balaban J connectivity index is 3.89. The van der Waals surface area contributed by atoms with Crippen molar-refractivity contribution in [3.63, 3.8) is 0 Å². The maximum atomic E-state index is 10.7. The first-order valence-electron chi connectivity index (χ1n) is 3.51. The van der Waals surface area contributed by atoms with Crippen LogP contribution in [0.5, 0.6) is 0 Å². The molecule has 0 aliphatic heterocycles. The van der Waals surface area contributed by atoms with Gasteiger partial charge in [-0.15, -0.1) is 0 Å². The summed E-state index contributed by atoms with van der Waals surface area (Å²) in [5.41, 5.74) is 0. The third-order valence-electron chi connectivity index (χ3n) is 1.00. The van der Waals surface area contributed by atoms with Crippen LogP contribution >= 0.6 is 0 Å². The topological polar surface area (TPSA) is 35.5 Å². The molecule has 0 radical (unpaired) electrons. The predicted octanol–water partition coefficient (Wildman–Crippen LogP) is 1.45. The second-order valence-electron chi connectivity index (χ2n) is 2.46. The fraction of sp³-hybridized carbons (Fsp3) is 0.571. The zero-order valence-electron chi connectivity index (χ0n) is 7.22. The van der Waals surface area contributed by atoms with E-state index in [1.54, 1.807) is 0 Å². The van der Waals surface area contributed by atoms with E-state index in [0.717, 1.165) is 6.08 Å². The molecular weight excluding hydrogens is 160 g/mol. The van der Waals surface area contributed by atoms with E-state index in [-0.39, 0.29) is 0 Å². The van der Waals surface area contributed by atoms with E-state index >= 15 is 0 Å². The molecule has 0 heterocycles. The van der Waals surface area contributed by atoms with Gasteiger partial charge in [0.05, 0.1) is 0 Å². The average molecular weight is 174 g/mol. The highest BCUT2D eigenvalue weighted by Gasteiger charge is 2.27. The van der Waals surface area contributed by atoms with Crippen molar-refractivity contribution in [3.8, 4) is 0 Å². The first-order valence-corrected chi connectivity index (χ1v) is 6.33. The Bertz CT molecular complexity index is 154. The molecule has 0 aliphatic rings. The van der Waals surface area contributed by atoms with Gasteiger partial charge in [0.1, 0.15) is 0 Å². The zero-order valence-corrected chi connectivity index (χ0v) is 8.22. The third kappa shape index (κ3) is 4.75. The molecule has 0 aromatic heterocycles. The van der Waals surface area contributed by atoms with Gasteiger partial charge in [0, 0.05) is 12.7 Å². The van der Waals surface area contributed by atoms with Gasteiger partial charge < -0.3 is 8.85 Å². The summed E-state index contributed by atoms with van der Waals surface area (Å²) < 4.78 is 10.2. The zero-order chi connectivity index (χ0) is 8.91. The first-order chi connectivity index (χ1) is 5.02. The lowest BCUT2D eigenvalue weighted by Gasteiger charge is -2.20.